The molecule has 1 aromatic carbocycles. The van der Waals surface area contributed by atoms with E-state index in [-0.39, 0.29) is 0 Å². The van der Waals surface area contributed by atoms with Gasteiger partial charge in [-0.25, -0.2) is 4.39 Å². The van der Waals surface area contributed by atoms with Gasteiger partial charge in [0.15, 0.2) is 11.6 Å². The molecule has 33 heavy (non-hydrogen) atoms. The van der Waals surface area contributed by atoms with Crippen molar-refractivity contribution in [3.8, 4) is 5.75 Å². The molecule has 1 aromatic rings. The van der Waals surface area contributed by atoms with Crippen LogP contribution in [0.15, 0.2) is 24.3 Å². The first-order valence-corrected chi connectivity index (χ1v) is 13.1. The fraction of sp³-hybridized carbons (Fsp3) is 0.714. The zero-order valence-corrected chi connectivity index (χ0v) is 20.0. The van der Waals surface area contributed by atoms with Crippen LogP contribution in [0.3, 0.4) is 0 Å². The molecule has 0 saturated heterocycles. The second-order valence-corrected chi connectivity index (χ2v) is 10.3. The van der Waals surface area contributed by atoms with Crippen molar-refractivity contribution in [3.63, 3.8) is 0 Å². The second kappa shape index (κ2) is 12.8. The maximum absolute atomic E-state index is 13.8. The number of alkyl halides is 3. The first-order valence-electron chi connectivity index (χ1n) is 13.1. The predicted octanol–water partition coefficient (Wildman–Crippen LogP) is 9.71. The summed E-state index contributed by atoms with van der Waals surface area (Å²) in [5, 5.41) is 0. The third kappa shape index (κ3) is 8.98. The van der Waals surface area contributed by atoms with Crippen molar-refractivity contribution in [1.29, 1.82) is 0 Å². The lowest BCUT2D eigenvalue weighted by Crippen LogP contribution is -2.25. The summed E-state index contributed by atoms with van der Waals surface area (Å²) in [6.45, 7) is 2.28. The molecule has 0 amide bonds. The maximum atomic E-state index is 13.8. The van der Waals surface area contributed by atoms with E-state index in [9.17, 15) is 17.6 Å². The molecule has 0 heterocycles. The van der Waals surface area contributed by atoms with Gasteiger partial charge in [-0.3, -0.25) is 0 Å². The summed E-state index contributed by atoms with van der Waals surface area (Å²) in [6, 6.07) is 3.56. The molecule has 0 spiro atoms. The Hall–Kier alpha value is -1.52. The Morgan fingerprint density at radius 2 is 1.48 bits per heavy atom. The number of rotatable bonds is 10. The van der Waals surface area contributed by atoms with E-state index >= 15 is 0 Å². The number of allylic oxidation sites excluding steroid dienone is 1. The highest BCUT2D eigenvalue weighted by molar-refractivity contribution is 5.51. The van der Waals surface area contributed by atoms with Gasteiger partial charge in [-0.15, -0.1) is 13.2 Å². The SMILES string of the molecule is CCCCCC1CCC(C2CCC(CC/C=C\c3ccc(OC(F)(F)F)c(F)c3)CC2)CC1. The highest BCUT2D eigenvalue weighted by Gasteiger charge is 2.32. The summed E-state index contributed by atoms with van der Waals surface area (Å²) < 4.78 is 54.2. The van der Waals surface area contributed by atoms with Crippen molar-refractivity contribution < 1.29 is 22.3 Å². The van der Waals surface area contributed by atoms with Gasteiger partial charge in [-0.05, 0) is 79.9 Å². The fourth-order valence-corrected chi connectivity index (χ4v) is 5.96. The average Bonchev–Trinajstić information content (AvgIpc) is 2.79. The van der Waals surface area contributed by atoms with Crippen LogP contribution in [0.4, 0.5) is 17.6 Å². The second-order valence-electron chi connectivity index (χ2n) is 10.3. The summed E-state index contributed by atoms with van der Waals surface area (Å²) in [5.41, 5.74) is 0.552. The van der Waals surface area contributed by atoms with E-state index in [0.29, 0.717) is 5.56 Å². The molecular formula is C28H40F4O. The molecule has 2 fully saturated rings. The van der Waals surface area contributed by atoms with Crippen LogP contribution in [0, 0.1) is 29.5 Å². The molecule has 2 saturated carbocycles. The molecule has 0 aromatic heterocycles. The highest BCUT2D eigenvalue weighted by Crippen LogP contribution is 2.43. The van der Waals surface area contributed by atoms with Gasteiger partial charge in [0.25, 0.3) is 0 Å². The van der Waals surface area contributed by atoms with Crippen molar-refractivity contribution in [2.75, 3.05) is 0 Å². The Bertz CT molecular complexity index is 726. The molecule has 0 bridgehead atoms. The normalized spacial score (nSPS) is 26.6. The summed E-state index contributed by atoms with van der Waals surface area (Å²) in [6.07, 6.45) is 17.7. The molecule has 1 nitrogen and oxygen atoms in total. The van der Waals surface area contributed by atoms with Crippen LogP contribution in [-0.2, 0) is 0 Å². The predicted molar refractivity (Wildman–Crippen MR) is 126 cm³/mol. The molecule has 186 valence electrons. The number of unbranched alkanes of at least 4 members (excludes halogenated alkanes) is 2. The van der Waals surface area contributed by atoms with Gasteiger partial charge in [-0.2, -0.15) is 0 Å². The lowest BCUT2D eigenvalue weighted by Gasteiger charge is -2.38. The van der Waals surface area contributed by atoms with Crippen LogP contribution in [0.1, 0.15) is 102 Å². The minimum Gasteiger partial charge on any atom is -0.403 e. The first kappa shape index (κ1) is 26.1. The molecule has 0 atom stereocenters. The van der Waals surface area contributed by atoms with Gasteiger partial charge in [0.05, 0.1) is 0 Å². The monoisotopic (exact) mass is 468 g/mol. The van der Waals surface area contributed by atoms with Gasteiger partial charge in [0.2, 0.25) is 0 Å². The van der Waals surface area contributed by atoms with Crippen LogP contribution < -0.4 is 4.74 Å². The van der Waals surface area contributed by atoms with Crippen molar-refractivity contribution in [2.45, 2.75) is 103 Å². The summed E-state index contributed by atoms with van der Waals surface area (Å²) >= 11 is 0. The van der Waals surface area contributed by atoms with E-state index in [0.717, 1.165) is 48.6 Å². The molecule has 5 heteroatoms. The summed E-state index contributed by atoms with van der Waals surface area (Å²) in [7, 11) is 0. The number of hydrogen-bond acceptors (Lipinski definition) is 1. The molecule has 0 radical (unpaired) electrons. The van der Waals surface area contributed by atoms with Gasteiger partial charge in [0.1, 0.15) is 0 Å². The summed E-state index contributed by atoms with van der Waals surface area (Å²) in [4.78, 5) is 0. The minimum absolute atomic E-state index is 0.552. The smallest absolute Gasteiger partial charge is 0.403 e. The van der Waals surface area contributed by atoms with Crippen LogP contribution >= 0.6 is 0 Å². The first-order chi connectivity index (χ1) is 15.8. The molecule has 0 unspecified atom stereocenters. The van der Waals surface area contributed by atoms with Gasteiger partial charge in [0, 0.05) is 0 Å². The van der Waals surface area contributed by atoms with Crippen molar-refractivity contribution in [2.24, 2.45) is 23.7 Å². The number of halogens is 4. The standard InChI is InChI=1S/C28H40F4O/c1-2-3-4-7-21-10-15-24(16-11-21)25-17-12-22(13-18-25)8-5-6-9-23-14-19-27(26(29)20-23)33-28(30,31)32/h6,9,14,19-22,24-25H,2-5,7-8,10-13,15-18H2,1H3/b9-6-. The van der Waals surface area contributed by atoms with Crippen LogP contribution in [0.5, 0.6) is 5.75 Å². The van der Waals surface area contributed by atoms with Crippen molar-refractivity contribution >= 4 is 6.08 Å². The fourth-order valence-electron chi connectivity index (χ4n) is 5.96. The van der Waals surface area contributed by atoms with Crippen LogP contribution in [0.25, 0.3) is 6.08 Å². The Labute approximate surface area is 197 Å². The topological polar surface area (TPSA) is 9.23 Å². The van der Waals surface area contributed by atoms with Crippen molar-refractivity contribution in [3.05, 3.63) is 35.7 Å². The zero-order chi connectivity index (χ0) is 23.7. The van der Waals surface area contributed by atoms with Gasteiger partial charge < -0.3 is 4.74 Å². The average molecular weight is 469 g/mol. The summed E-state index contributed by atoms with van der Waals surface area (Å²) in [5.74, 6) is 1.83. The van der Waals surface area contributed by atoms with E-state index in [1.165, 1.54) is 83.1 Å². The number of hydrogen-bond donors (Lipinski definition) is 0. The highest BCUT2D eigenvalue weighted by atomic mass is 19.4. The lowest BCUT2D eigenvalue weighted by atomic mass is 9.68. The van der Waals surface area contributed by atoms with Crippen LogP contribution in [-0.4, -0.2) is 6.36 Å². The quantitative estimate of drug-likeness (QED) is 0.245. The molecule has 3 rings (SSSR count). The molecular weight excluding hydrogens is 428 g/mol. The zero-order valence-electron chi connectivity index (χ0n) is 20.0. The third-order valence-corrected chi connectivity index (χ3v) is 7.90. The largest absolute Gasteiger partial charge is 0.573 e. The van der Waals surface area contributed by atoms with Crippen LogP contribution in [0.2, 0.25) is 0 Å². The number of benzene rings is 1. The maximum Gasteiger partial charge on any atom is 0.573 e. The Morgan fingerprint density at radius 1 is 0.879 bits per heavy atom. The molecule has 2 aliphatic rings. The van der Waals surface area contributed by atoms with E-state index < -0.39 is 17.9 Å². The van der Waals surface area contributed by atoms with E-state index in [1.807, 2.05) is 6.08 Å². The molecule has 2 aliphatic carbocycles. The van der Waals surface area contributed by atoms with Gasteiger partial charge >= 0.3 is 6.36 Å². The Morgan fingerprint density at radius 3 is 2.03 bits per heavy atom. The van der Waals surface area contributed by atoms with E-state index in [1.54, 1.807) is 6.08 Å². The minimum atomic E-state index is -4.88. The number of ether oxygens (including phenoxy) is 1. The van der Waals surface area contributed by atoms with Gasteiger partial charge in [-0.1, -0.05) is 76.5 Å². The van der Waals surface area contributed by atoms with E-state index in [4.69, 9.17) is 0 Å². The third-order valence-electron chi connectivity index (χ3n) is 7.90. The molecule has 0 aliphatic heterocycles. The van der Waals surface area contributed by atoms with Crippen molar-refractivity contribution in [1.82, 2.24) is 0 Å². The lowest BCUT2D eigenvalue weighted by molar-refractivity contribution is -0.275. The Kier molecular flexibility index (Phi) is 10.1. The van der Waals surface area contributed by atoms with E-state index in [2.05, 4.69) is 11.7 Å². The Balaban J connectivity index is 1.32. The molecule has 0 N–H and O–H groups in total.